The Morgan fingerprint density at radius 1 is 1.15 bits per heavy atom. The fourth-order valence-electron chi connectivity index (χ4n) is 4.36. The number of hydrogen-bond acceptors (Lipinski definition) is 8. The van der Waals surface area contributed by atoms with Gasteiger partial charge in [-0.15, -0.1) is 0 Å². The highest BCUT2D eigenvalue weighted by atomic mass is 16.6. The lowest BCUT2D eigenvalue weighted by atomic mass is 9.85. The first kappa shape index (κ1) is 25.2. The van der Waals surface area contributed by atoms with E-state index in [1.165, 1.54) is 6.20 Å². The van der Waals surface area contributed by atoms with Gasteiger partial charge in [0.1, 0.15) is 11.3 Å². The minimum absolute atomic E-state index is 0.0292. The van der Waals surface area contributed by atoms with E-state index in [4.69, 9.17) is 19.3 Å². The number of aromatic nitrogens is 2. The number of aliphatic carboxylic acids is 1. The fourth-order valence-corrected chi connectivity index (χ4v) is 4.36. The molecule has 1 amide bonds. The van der Waals surface area contributed by atoms with E-state index >= 15 is 0 Å². The first-order valence-corrected chi connectivity index (χ1v) is 11.7. The van der Waals surface area contributed by atoms with Gasteiger partial charge in [0.2, 0.25) is 5.88 Å². The zero-order valence-electron chi connectivity index (χ0n) is 19.7. The van der Waals surface area contributed by atoms with Crippen molar-refractivity contribution in [2.75, 3.05) is 19.8 Å². The van der Waals surface area contributed by atoms with E-state index in [1.807, 2.05) is 20.8 Å². The molecule has 0 aromatic carbocycles. The van der Waals surface area contributed by atoms with Crippen LogP contribution in [-0.2, 0) is 14.3 Å². The Morgan fingerprint density at radius 2 is 1.88 bits per heavy atom. The highest BCUT2D eigenvalue weighted by molar-refractivity contribution is 5.68. The van der Waals surface area contributed by atoms with Crippen molar-refractivity contribution in [3.63, 3.8) is 0 Å². The Morgan fingerprint density at radius 3 is 2.58 bits per heavy atom. The molecule has 10 heteroatoms. The molecule has 0 radical (unpaired) electrons. The molecule has 2 heterocycles. The Bertz CT molecular complexity index is 791. The number of alkyl carbamates (subject to hydrolysis) is 1. The molecule has 2 unspecified atom stereocenters. The van der Waals surface area contributed by atoms with Gasteiger partial charge in [-0.1, -0.05) is 0 Å². The van der Waals surface area contributed by atoms with E-state index in [9.17, 15) is 9.59 Å². The minimum atomic E-state index is -1.04. The molecule has 184 valence electrons. The van der Waals surface area contributed by atoms with E-state index in [1.54, 1.807) is 6.20 Å². The largest absolute Gasteiger partial charge is 0.479 e. The normalized spacial score (nSPS) is 25.8. The molecule has 10 nitrogen and oxygen atoms in total. The summed E-state index contributed by atoms with van der Waals surface area (Å²) >= 11 is 0. The standard InChI is InChI=1S/C23H36N4O6/c1-23(2,3)33-22(30)27-17-5-4-10-24-18(17)13-31-16-8-6-15(7-9-16)20-21(26-12-11-25-20)32-14-19(28)29/h11-12,15-18,24H,4-10,13-14H2,1-3H3,(H,27,30)(H,28,29). The van der Waals surface area contributed by atoms with Gasteiger partial charge in [0.05, 0.1) is 18.8 Å². The summed E-state index contributed by atoms with van der Waals surface area (Å²) in [5.74, 6) is -0.581. The van der Waals surface area contributed by atoms with Crippen LogP contribution < -0.4 is 15.4 Å². The van der Waals surface area contributed by atoms with E-state index < -0.39 is 24.3 Å². The van der Waals surface area contributed by atoms with Crippen molar-refractivity contribution in [1.82, 2.24) is 20.6 Å². The summed E-state index contributed by atoms with van der Waals surface area (Å²) in [7, 11) is 0. The third-order valence-corrected chi connectivity index (χ3v) is 5.88. The molecular weight excluding hydrogens is 428 g/mol. The summed E-state index contributed by atoms with van der Waals surface area (Å²) in [4.78, 5) is 31.6. The van der Waals surface area contributed by atoms with Crippen molar-refractivity contribution in [2.45, 2.75) is 89.0 Å². The van der Waals surface area contributed by atoms with Crippen LogP contribution in [0, 0.1) is 0 Å². The maximum Gasteiger partial charge on any atom is 0.407 e. The summed E-state index contributed by atoms with van der Waals surface area (Å²) in [5, 5.41) is 15.3. The van der Waals surface area contributed by atoms with Crippen LogP contribution in [0.4, 0.5) is 4.79 Å². The molecule has 3 rings (SSSR count). The van der Waals surface area contributed by atoms with Gasteiger partial charge in [0.15, 0.2) is 6.61 Å². The SMILES string of the molecule is CC(C)(C)OC(=O)NC1CCCNC1COC1CCC(c2nccnc2OCC(=O)O)CC1. The van der Waals surface area contributed by atoms with Crippen LogP contribution >= 0.6 is 0 Å². The van der Waals surface area contributed by atoms with Crippen molar-refractivity contribution in [2.24, 2.45) is 0 Å². The Hall–Kier alpha value is -2.46. The van der Waals surface area contributed by atoms with Gasteiger partial charge >= 0.3 is 12.1 Å². The van der Waals surface area contributed by atoms with Crippen LogP contribution in [0.2, 0.25) is 0 Å². The number of rotatable bonds is 8. The zero-order valence-corrected chi connectivity index (χ0v) is 19.7. The predicted octanol–water partition coefficient (Wildman–Crippen LogP) is 2.63. The van der Waals surface area contributed by atoms with Gasteiger partial charge in [-0.2, -0.15) is 0 Å². The first-order valence-electron chi connectivity index (χ1n) is 11.7. The Kier molecular flexibility index (Phi) is 8.85. The fraction of sp³-hybridized carbons (Fsp3) is 0.739. The highest BCUT2D eigenvalue weighted by Gasteiger charge is 2.31. The second-order valence-electron chi connectivity index (χ2n) is 9.69. The lowest BCUT2D eigenvalue weighted by molar-refractivity contribution is -0.139. The van der Waals surface area contributed by atoms with Crippen molar-refractivity contribution in [3.8, 4) is 5.88 Å². The quantitative estimate of drug-likeness (QED) is 0.531. The average Bonchev–Trinajstić information content (AvgIpc) is 2.76. The summed E-state index contributed by atoms with van der Waals surface area (Å²) in [5.41, 5.74) is 0.186. The van der Waals surface area contributed by atoms with E-state index in [0.29, 0.717) is 18.2 Å². The third-order valence-electron chi connectivity index (χ3n) is 5.88. The second-order valence-corrected chi connectivity index (χ2v) is 9.69. The molecule has 1 saturated carbocycles. The first-order chi connectivity index (χ1) is 15.7. The molecule has 3 N–H and O–H groups in total. The molecule has 1 aromatic heterocycles. The molecule has 0 bridgehead atoms. The molecule has 2 aliphatic rings. The van der Waals surface area contributed by atoms with Gasteiger partial charge in [0, 0.05) is 24.4 Å². The van der Waals surface area contributed by atoms with Gasteiger partial charge in [-0.3, -0.25) is 4.98 Å². The maximum absolute atomic E-state index is 12.2. The summed E-state index contributed by atoms with van der Waals surface area (Å²) < 4.78 is 17.0. The minimum Gasteiger partial charge on any atom is -0.479 e. The van der Waals surface area contributed by atoms with Crippen LogP contribution in [-0.4, -0.2) is 70.7 Å². The average molecular weight is 465 g/mol. The molecule has 1 aliphatic carbocycles. The van der Waals surface area contributed by atoms with E-state index in [0.717, 1.165) is 45.1 Å². The summed E-state index contributed by atoms with van der Waals surface area (Å²) in [6.45, 7) is 6.55. The molecule has 1 saturated heterocycles. The Labute approximate surface area is 194 Å². The number of ether oxygens (including phenoxy) is 3. The van der Waals surface area contributed by atoms with Crippen LogP contribution in [0.5, 0.6) is 5.88 Å². The lowest BCUT2D eigenvalue weighted by Crippen LogP contribution is -2.56. The highest BCUT2D eigenvalue weighted by Crippen LogP contribution is 2.36. The zero-order chi connectivity index (χ0) is 23.8. The molecular formula is C23H36N4O6. The maximum atomic E-state index is 12.2. The number of hydrogen-bond donors (Lipinski definition) is 3. The van der Waals surface area contributed by atoms with E-state index in [2.05, 4.69) is 20.6 Å². The number of nitrogens with one attached hydrogen (secondary N) is 2. The molecule has 2 fully saturated rings. The number of amides is 1. The third kappa shape index (κ3) is 8.12. The van der Waals surface area contributed by atoms with Gasteiger partial charge < -0.3 is 30.0 Å². The summed E-state index contributed by atoms with van der Waals surface area (Å²) in [6.07, 6.45) is 8.21. The molecule has 1 aromatic rings. The molecule has 2 atom stereocenters. The number of nitrogens with zero attached hydrogens (tertiary/aromatic N) is 2. The van der Waals surface area contributed by atoms with Crippen LogP contribution in [0.25, 0.3) is 0 Å². The molecule has 33 heavy (non-hydrogen) atoms. The number of carboxylic acid groups (broad SMARTS) is 1. The lowest BCUT2D eigenvalue weighted by Gasteiger charge is -2.35. The van der Waals surface area contributed by atoms with Crippen LogP contribution in [0.3, 0.4) is 0 Å². The van der Waals surface area contributed by atoms with Gasteiger partial charge in [-0.25, -0.2) is 14.6 Å². The van der Waals surface area contributed by atoms with Gasteiger partial charge in [-0.05, 0) is 65.8 Å². The van der Waals surface area contributed by atoms with Crippen LogP contribution in [0.1, 0.15) is 70.9 Å². The van der Waals surface area contributed by atoms with Crippen molar-refractivity contribution in [3.05, 3.63) is 18.1 Å². The number of piperidine rings is 1. The van der Waals surface area contributed by atoms with Crippen LogP contribution in [0.15, 0.2) is 12.4 Å². The predicted molar refractivity (Wildman–Crippen MR) is 120 cm³/mol. The molecule has 1 aliphatic heterocycles. The smallest absolute Gasteiger partial charge is 0.407 e. The van der Waals surface area contributed by atoms with Gasteiger partial charge in [0.25, 0.3) is 0 Å². The Balaban J connectivity index is 1.47. The van der Waals surface area contributed by atoms with Crippen molar-refractivity contribution in [1.29, 1.82) is 0 Å². The summed E-state index contributed by atoms with van der Waals surface area (Å²) in [6, 6.07) is 0.0125. The number of carbonyl (C=O) groups is 2. The van der Waals surface area contributed by atoms with Crippen molar-refractivity contribution < 1.29 is 28.9 Å². The monoisotopic (exact) mass is 464 g/mol. The van der Waals surface area contributed by atoms with E-state index in [-0.39, 0.29) is 24.1 Å². The number of carboxylic acids is 1. The topological polar surface area (TPSA) is 132 Å². The molecule has 0 spiro atoms. The van der Waals surface area contributed by atoms with Crippen molar-refractivity contribution >= 4 is 12.1 Å². The number of carbonyl (C=O) groups excluding carboxylic acids is 1. The second kappa shape index (κ2) is 11.6.